The molecule has 112 valence electrons. The van der Waals surface area contributed by atoms with Gasteiger partial charge in [-0.05, 0) is 24.1 Å². The Labute approximate surface area is 123 Å². The number of nitrogens with one attached hydrogen (secondary N) is 1. The van der Waals surface area contributed by atoms with Gasteiger partial charge in [-0.3, -0.25) is 4.79 Å². The molecule has 0 aliphatic heterocycles. The number of esters is 1. The molecular weight excluding hydrogens is 272 g/mol. The summed E-state index contributed by atoms with van der Waals surface area (Å²) in [6.45, 7) is 1.67. The minimum Gasteiger partial charge on any atom is -0.482 e. The van der Waals surface area contributed by atoms with Gasteiger partial charge >= 0.3 is 5.97 Å². The van der Waals surface area contributed by atoms with Gasteiger partial charge in [0.05, 0.1) is 12.5 Å². The van der Waals surface area contributed by atoms with Gasteiger partial charge in [-0.1, -0.05) is 19.1 Å². The van der Waals surface area contributed by atoms with Crippen molar-refractivity contribution in [1.29, 1.82) is 5.26 Å². The van der Waals surface area contributed by atoms with Gasteiger partial charge in [-0.15, -0.1) is 0 Å². The maximum absolute atomic E-state index is 11.4. The summed E-state index contributed by atoms with van der Waals surface area (Å²) < 4.78 is 9.99. The predicted molar refractivity (Wildman–Crippen MR) is 75.5 cm³/mol. The zero-order valence-corrected chi connectivity index (χ0v) is 11.9. The Morgan fingerprint density at radius 1 is 1.24 bits per heavy atom. The fourth-order valence-electron chi connectivity index (χ4n) is 1.46. The lowest BCUT2D eigenvalue weighted by molar-refractivity contribution is -0.150. The Balaban J connectivity index is 2.21. The van der Waals surface area contributed by atoms with Crippen molar-refractivity contribution in [2.45, 2.75) is 19.8 Å². The Hall–Kier alpha value is -2.55. The lowest BCUT2D eigenvalue weighted by atomic mass is 10.2. The minimum atomic E-state index is -0.620. The first kappa shape index (κ1) is 16.5. The summed E-state index contributed by atoms with van der Waals surface area (Å²) in [5.41, 5.74) is 1.18. The van der Waals surface area contributed by atoms with Crippen LogP contribution >= 0.6 is 0 Å². The van der Waals surface area contributed by atoms with Crippen molar-refractivity contribution >= 4 is 11.9 Å². The number of nitriles is 1. The van der Waals surface area contributed by atoms with Crippen LogP contribution < -0.4 is 10.1 Å². The van der Waals surface area contributed by atoms with E-state index in [1.165, 1.54) is 5.56 Å². The highest BCUT2D eigenvalue weighted by Gasteiger charge is 2.08. The van der Waals surface area contributed by atoms with E-state index in [1.54, 1.807) is 12.1 Å². The molecule has 0 aliphatic rings. The number of rotatable bonds is 8. The number of ether oxygens (including phenoxy) is 2. The van der Waals surface area contributed by atoms with Crippen LogP contribution in [0.15, 0.2) is 24.3 Å². The summed E-state index contributed by atoms with van der Waals surface area (Å²) in [5, 5.41) is 10.8. The zero-order chi connectivity index (χ0) is 15.5. The maximum atomic E-state index is 11.4. The second-order valence-electron chi connectivity index (χ2n) is 4.20. The summed E-state index contributed by atoms with van der Waals surface area (Å²) >= 11 is 0. The van der Waals surface area contributed by atoms with Crippen molar-refractivity contribution in [3.63, 3.8) is 0 Å². The molecule has 0 fully saturated rings. The molecule has 0 unspecified atom stereocenters. The Morgan fingerprint density at radius 2 is 1.95 bits per heavy atom. The van der Waals surface area contributed by atoms with E-state index in [4.69, 9.17) is 14.7 Å². The van der Waals surface area contributed by atoms with E-state index >= 15 is 0 Å². The summed E-state index contributed by atoms with van der Waals surface area (Å²) in [7, 11) is 0. The number of hydrogen-bond acceptors (Lipinski definition) is 5. The molecule has 6 nitrogen and oxygen atoms in total. The molecule has 1 amide bonds. The summed E-state index contributed by atoms with van der Waals surface area (Å²) in [6, 6.07) is 9.29. The summed E-state index contributed by atoms with van der Waals surface area (Å²) in [4.78, 5) is 22.6. The molecule has 0 bridgehead atoms. The van der Waals surface area contributed by atoms with Gasteiger partial charge in [-0.25, -0.2) is 4.79 Å². The quantitative estimate of drug-likeness (QED) is 0.574. The highest BCUT2D eigenvalue weighted by Crippen LogP contribution is 2.12. The van der Waals surface area contributed by atoms with E-state index < -0.39 is 11.9 Å². The van der Waals surface area contributed by atoms with Crippen LogP contribution in [0, 0.1) is 11.3 Å². The van der Waals surface area contributed by atoms with Crippen molar-refractivity contribution in [2.24, 2.45) is 0 Å². The molecular formula is C15H18N2O4. The third-order valence-corrected chi connectivity index (χ3v) is 2.61. The highest BCUT2D eigenvalue weighted by molar-refractivity contribution is 5.80. The molecule has 0 aliphatic carbocycles. The summed E-state index contributed by atoms with van der Waals surface area (Å²) in [5.74, 6) is -0.487. The Kier molecular flexibility index (Phi) is 7.36. The maximum Gasteiger partial charge on any atom is 0.344 e. The number of hydrogen-bond donors (Lipinski definition) is 1. The number of carbonyl (C=O) groups is 2. The third-order valence-electron chi connectivity index (χ3n) is 2.61. The van der Waals surface area contributed by atoms with Crippen molar-refractivity contribution in [3.8, 4) is 11.8 Å². The van der Waals surface area contributed by atoms with Crippen LogP contribution in [0.4, 0.5) is 0 Å². The highest BCUT2D eigenvalue weighted by atomic mass is 16.6. The fraction of sp³-hybridized carbons (Fsp3) is 0.400. The average molecular weight is 290 g/mol. The number of benzene rings is 1. The lowest BCUT2D eigenvalue weighted by Crippen LogP contribution is -2.30. The molecule has 1 aromatic rings. The largest absolute Gasteiger partial charge is 0.482 e. The first-order valence-corrected chi connectivity index (χ1v) is 6.66. The molecule has 0 saturated heterocycles. The van der Waals surface area contributed by atoms with E-state index in [-0.39, 0.29) is 26.2 Å². The zero-order valence-electron chi connectivity index (χ0n) is 11.9. The molecule has 1 rings (SSSR count). The van der Waals surface area contributed by atoms with Gasteiger partial charge in [0, 0.05) is 6.54 Å². The van der Waals surface area contributed by atoms with E-state index in [1.807, 2.05) is 18.2 Å². The Bertz CT molecular complexity index is 505. The minimum absolute atomic E-state index is 0.219. The van der Waals surface area contributed by atoms with Crippen LogP contribution in [0.5, 0.6) is 5.75 Å². The monoisotopic (exact) mass is 290 g/mol. The van der Waals surface area contributed by atoms with Crippen LogP contribution in [0.3, 0.4) is 0 Å². The molecule has 0 atom stereocenters. The van der Waals surface area contributed by atoms with Crippen LogP contribution in [0.2, 0.25) is 0 Å². The molecule has 21 heavy (non-hydrogen) atoms. The van der Waals surface area contributed by atoms with Crippen molar-refractivity contribution in [3.05, 3.63) is 29.8 Å². The number of nitrogens with zero attached hydrogens (tertiary/aromatic N) is 1. The summed E-state index contributed by atoms with van der Waals surface area (Å²) in [6.07, 6.45) is 1.15. The molecule has 1 aromatic carbocycles. The van der Waals surface area contributed by atoms with Crippen molar-refractivity contribution in [1.82, 2.24) is 5.32 Å². The van der Waals surface area contributed by atoms with Crippen LogP contribution in [0.1, 0.15) is 18.9 Å². The first-order valence-electron chi connectivity index (χ1n) is 6.66. The number of amides is 1. The van der Waals surface area contributed by atoms with E-state index in [2.05, 4.69) is 12.2 Å². The molecule has 1 N–H and O–H groups in total. The van der Waals surface area contributed by atoms with Gasteiger partial charge in [0.15, 0.2) is 13.2 Å². The van der Waals surface area contributed by atoms with Gasteiger partial charge in [0.25, 0.3) is 5.91 Å². The van der Waals surface area contributed by atoms with Crippen LogP contribution in [-0.2, 0) is 20.7 Å². The average Bonchev–Trinajstić information content (AvgIpc) is 2.51. The van der Waals surface area contributed by atoms with Crippen molar-refractivity contribution in [2.75, 3.05) is 19.8 Å². The fourth-order valence-corrected chi connectivity index (χ4v) is 1.46. The van der Waals surface area contributed by atoms with Crippen LogP contribution in [0.25, 0.3) is 0 Å². The van der Waals surface area contributed by atoms with Gasteiger partial charge in [-0.2, -0.15) is 5.26 Å². The third kappa shape index (κ3) is 6.97. The number of carbonyl (C=O) groups excluding carboxylic acids is 2. The SMILES string of the molecule is CCc1ccc(OCC(=O)OCC(=O)NCCC#N)cc1. The molecule has 6 heteroatoms. The molecule has 0 spiro atoms. The van der Waals surface area contributed by atoms with E-state index in [0.29, 0.717) is 5.75 Å². The first-order chi connectivity index (χ1) is 10.2. The molecule has 0 radical (unpaired) electrons. The van der Waals surface area contributed by atoms with E-state index in [9.17, 15) is 9.59 Å². The van der Waals surface area contributed by atoms with Crippen LogP contribution in [-0.4, -0.2) is 31.6 Å². The second-order valence-corrected chi connectivity index (χ2v) is 4.20. The van der Waals surface area contributed by atoms with E-state index in [0.717, 1.165) is 6.42 Å². The normalized spacial score (nSPS) is 9.52. The number of aryl methyl sites for hydroxylation is 1. The molecule has 0 heterocycles. The second kappa shape index (κ2) is 9.37. The molecule has 0 aromatic heterocycles. The van der Waals surface area contributed by atoms with Gasteiger partial charge in [0.2, 0.25) is 0 Å². The Morgan fingerprint density at radius 3 is 2.57 bits per heavy atom. The smallest absolute Gasteiger partial charge is 0.344 e. The lowest BCUT2D eigenvalue weighted by Gasteiger charge is -2.07. The predicted octanol–water partition coefficient (Wildman–Crippen LogP) is 1.20. The van der Waals surface area contributed by atoms with Crippen molar-refractivity contribution < 1.29 is 19.1 Å². The van der Waals surface area contributed by atoms with Gasteiger partial charge < -0.3 is 14.8 Å². The standard InChI is InChI=1S/C15H18N2O4/c1-2-12-4-6-13(7-5-12)20-11-15(19)21-10-14(18)17-9-3-8-16/h4-7H,2-3,9-11H2,1H3,(H,17,18). The topological polar surface area (TPSA) is 88.4 Å². The van der Waals surface area contributed by atoms with Gasteiger partial charge in [0.1, 0.15) is 5.75 Å². The molecule has 0 saturated carbocycles.